The monoisotopic (exact) mass is 318 g/mol. The zero-order valence-corrected chi connectivity index (χ0v) is 11.8. The fourth-order valence-electron chi connectivity index (χ4n) is 1.63. The standard InChI is InChI=1S/C14H10ClN3O4/c15-11-4-2-1-3-10(11)14(20)17-16-8-9-5-6-13(19)12(7-9)18(21)22/h1-8,19H,(H,17,20)/p-1/b16-8-. The number of hydrogen-bond acceptors (Lipinski definition) is 5. The molecule has 0 saturated heterocycles. The van der Waals surface area contributed by atoms with Gasteiger partial charge in [-0.15, -0.1) is 0 Å². The number of amides is 1. The molecule has 0 aromatic heterocycles. The van der Waals surface area contributed by atoms with E-state index >= 15 is 0 Å². The lowest BCUT2D eigenvalue weighted by molar-refractivity contribution is -0.398. The van der Waals surface area contributed by atoms with Crippen LogP contribution in [0.25, 0.3) is 0 Å². The number of halogens is 1. The van der Waals surface area contributed by atoms with Gasteiger partial charge in [0.2, 0.25) is 0 Å². The van der Waals surface area contributed by atoms with Gasteiger partial charge in [0.1, 0.15) is 0 Å². The molecule has 0 atom stereocenters. The van der Waals surface area contributed by atoms with E-state index in [2.05, 4.69) is 10.5 Å². The van der Waals surface area contributed by atoms with Crippen LogP contribution in [0.15, 0.2) is 47.6 Å². The summed E-state index contributed by atoms with van der Waals surface area (Å²) in [6, 6.07) is 9.94. The molecule has 0 heterocycles. The van der Waals surface area contributed by atoms with Gasteiger partial charge >= 0.3 is 0 Å². The largest absolute Gasteiger partial charge is 0.868 e. The first-order valence-electron chi connectivity index (χ1n) is 6.02. The molecule has 1 amide bonds. The maximum Gasteiger partial charge on any atom is 0.272 e. The number of nitro groups is 1. The topological polar surface area (TPSA) is 108 Å². The molecule has 0 aliphatic carbocycles. The maximum atomic E-state index is 11.8. The highest BCUT2D eigenvalue weighted by atomic mass is 35.5. The molecule has 0 unspecified atom stereocenters. The van der Waals surface area contributed by atoms with Gasteiger partial charge in [-0.3, -0.25) is 14.9 Å². The first-order chi connectivity index (χ1) is 10.5. The average molecular weight is 319 g/mol. The van der Waals surface area contributed by atoms with Crippen LogP contribution >= 0.6 is 11.6 Å². The number of carbonyl (C=O) groups excluding carboxylic acids is 1. The Morgan fingerprint density at radius 3 is 2.68 bits per heavy atom. The molecular weight excluding hydrogens is 310 g/mol. The van der Waals surface area contributed by atoms with Crippen LogP contribution < -0.4 is 10.5 Å². The van der Waals surface area contributed by atoms with Crippen LogP contribution in [0.2, 0.25) is 5.02 Å². The second-order valence-electron chi connectivity index (χ2n) is 4.16. The van der Waals surface area contributed by atoms with Gasteiger partial charge in [0.05, 0.1) is 21.7 Å². The lowest BCUT2D eigenvalue weighted by atomic mass is 10.2. The Morgan fingerprint density at radius 1 is 1.27 bits per heavy atom. The summed E-state index contributed by atoms with van der Waals surface area (Å²) in [5.41, 5.74) is 2.26. The second-order valence-corrected chi connectivity index (χ2v) is 4.57. The van der Waals surface area contributed by atoms with Gasteiger partial charge in [-0.05, 0) is 17.9 Å². The van der Waals surface area contributed by atoms with Crippen LogP contribution in [0, 0.1) is 10.1 Å². The van der Waals surface area contributed by atoms with Gasteiger partial charge in [-0.25, -0.2) is 5.43 Å². The van der Waals surface area contributed by atoms with Gasteiger partial charge in [0.15, 0.2) is 0 Å². The highest BCUT2D eigenvalue weighted by Gasteiger charge is 2.09. The van der Waals surface area contributed by atoms with E-state index in [0.717, 1.165) is 12.1 Å². The minimum absolute atomic E-state index is 0.252. The SMILES string of the molecule is O=C(N/N=C\c1ccc([O-])c([N+](=O)[O-])c1)c1ccccc1Cl. The van der Waals surface area contributed by atoms with Crippen molar-refractivity contribution >= 4 is 29.4 Å². The summed E-state index contributed by atoms with van der Waals surface area (Å²) in [5.74, 6) is -1.21. The van der Waals surface area contributed by atoms with E-state index in [4.69, 9.17) is 11.6 Å². The minimum atomic E-state index is -0.776. The summed E-state index contributed by atoms with van der Waals surface area (Å²) in [6.07, 6.45) is 1.20. The van der Waals surface area contributed by atoms with E-state index in [1.807, 2.05) is 0 Å². The molecule has 0 radical (unpaired) electrons. The zero-order valence-electron chi connectivity index (χ0n) is 11.0. The van der Waals surface area contributed by atoms with Crippen molar-refractivity contribution in [1.29, 1.82) is 0 Å². The predicted octanol–water partition coefficient (Wildman–Crippen LogP) is 2.09. The molecule has 0 fully saturated rings. The molecule has 112 valence electrons. The Labute approximate surface area is 130 Å². The number of nitrogens with zero attached hydrogens (tertiary/aromatic N) is 2. The van der Waals surface area contributed by atoms with E-state index in [1.165, 1.54) is 18.3 Å². The third-order valence-electron chi connectivity index (χ3n) is 2.68. The summed E-state index contributed by atoms with van der Waals surface area (Å²) in [4.78, 5) is 21.7. The fourth-order valence-corrected chi connectivity index (χ4v) is 1.85. The number of hydrazone groups is 1. The minimum Gasteiger partial charge on any atom is -0.868 e. The first-order valence-corrected chi connectivity index (χ1v) is 6.40. The fraction of sp³-hybridized carbons (Fsp3) is 0. The van der Waals surface area contributed by atoms with Crippen LogP contribution in [-0.2, 0) is 0 Å². The van der Waals surface area contributed by atoms with E-state index < -0.39 is 22.3 Å². The third-order valence-corrected chi connectivity index (χ3v) is 3.01. The highest BCUT2D eigenvalue weighted by Crippen LogP contribution is 2.22. The Morgan fingerprint density at radius 2 is 2.00 bits per heavy atom. The third kappa shape index (κ3) is 3.58. The van der Waals surface area contributed by atoms with Crippen LogP contribution in [0.3, 0.4) is 0 Å². The van der Waals surface area contributed by atoms with Gasteiger partial charge in [0, 0.05) is 11.6 Å². The summed E-state index contributed by atoms with van der Waals surface area (Å²) < 4.78 is 0. The molecule has 0 aliphatic rings. The Balaban J connectivity index is 2.10. The molecule has 22 heavy (non-hydrogen) atoms. The van der Waals surface area contributed by atoms with Gasteiger partial charge in [0.25, 0.3) is 11.6 Å². The van der Waals surface area contributed by atoms with Crippen LogP contribution in [0.5, 0.6) is 5.75 Å². The number of hydrogen-bond donors (Lipinski definition) is 1. The van der Waals surface area contributed by atoms with Crippen molar-refractivity contribution < 1.29 is 14.8 Å². The molecule has 7 nitrogen and oxygen atoms in total. The highest BCUT2D eigenvalue weighted by molar-refractivity contribution is 6.33. The van der Waals surface area contributed by atoms with E-state index in [1.54, 1.807) is 18.2 Å². The van der Waals surface area contributed by atoms with E-state index in [-0.39, 0.29) is 10.6 Å². The van der Waals surface area contributed by atoms with Gasteiger partial charge < -0.3 is 5.11 Å². The number of carbonyl (C=O) groups is 1. The van der Waals surface area contributed by atoms with Crippen molar-refractivity contribution in [2.24, 2.45) is 5.10 Å². The maximum absolute atomic E-state index is 11.8. The predicted molar refractivity (Wildman–Crippen MR) is 79.1 cm³/mol. The summed E-state index contributed by atoms with van der Waals surface area (Å²) >= 11 is 5.87. The molecule has 0 aliphatic heterocycles. The van der Waals surface area contributed by atoms with Gasteiger partial charge in [-0.2, -0.15) is 5.10 Å². The Bertz CT molecular complexity index is 762. The van der Waals surface area contributed by atoms with E-state index in [9.17, 15) is 20.0 Å². The molecular formula is C14H9ClN3O4-. The molecule has 2 rings (SSSR count). The van der Waals surface area contributed by atoms with Crippen LogP contribution in [0.1, 0.15) is 15.9 Å². The van der Waals surface area contributed by atoms with Crippen molar-refractivity contribution in [2.45, 2.75) is 0 Å². The molecule has 1 N–H and O–H groups in total. The number of nitrogens with one attached hydrogen (secondary N) is 1. The number of rotatable bonds is 4. The van der Waals surface area contributed by atoms with E-state index in [0.29, 0.717) is 5.56 Å². The molecule has 0 saturated carbocycles. The summed E-state index contributed by atoms with van der Waals surface area (Å²) in [7, 11) is 0. The average Bonchev–Trinajstić information content (AvgIpc) is 2.49. The van der Waals surface area contributed by atoms with Crippen molar-refractivity contribution in [3.63, 3.8) is 0 Å². The number of benzene rings is 2. The first kappa shape index (κ1) is 15.5. The molecule has 2 aromatic rings. The van der Waals surface area contributed by atoms with Crippen molar-refractivity contribution in [1.82, 2.24) is 5.43 Å². The van der Waals surface area contributed by atoms with Crippen molar-refractivity contribution in [3.05, 3.63) is 68.7 Å². The summed E-state index contributed by atoms with van der Waals surface area (Å²) in [5, 5.41) is 25.9. The Kier molecular flexibility index (Phi) is 4.70. The number of nitro benzene ring substituents is 1. The van der Waals surface area contributed by atoms with Crippen LogP contribution in [0.4, 0.5) is 5.69 Å². The normalized spacial score (nSPS) is 10.6. The smallest absolute Gasteiger partial charge is 0.272 e. The van der Waals surface area contributed by atoms with Gasteiger partial charge in [-0.1, -0.05) is 35.9 Å². The molecule has 2 aromatic carbocycles. The van der Waals surface area contributed by atoms with Crippen LogP contribution in [-0.4, -0.2) is 17.0 Å². The van der Waals surface area contributed by atoms with Crippen molar-refractivity contribution in [2.75, 3.05) is 0 Å². The summed E-state index contributed by atoms with van der Waals surface area (Å²) in [6.45, 7) is 0. The Hall–Kier alpha value is -2.93. The molecule has 8 heteroatoms. The zero-order chi connectivity index (χ0) is 16.1. The lowest BCUT2D eigenvalue weighted by Crippen LogP contribution is -2.17. The molecule has 0 bridgehead atoms. The quantitative estimate of drug-likeness (QED) is 0.529. The lowest BCUT2D eigenvalue weighted by Gasteiger charge is -2.06. The second kappa shape index (κ2) is 6.68. The molecule has 0 spiro atoms. The van der Waals surface area contributed by atoms with Crippen molar-refractivity contribution in [3.8, 4) is 5.75 Å².